The summed E-state index contributed by atoms with van der Waals surface area (Å²) in [7, 11) is 0. The minimum atomic E-state index is -0.905. The lowest BCUT2D eigenvalue weighted by Crippen LogP contribution is -2.17. The summed E-state index contributed by atoms with van der Waals surface area (Å²) in [5.74, 6) is -0.588. The molecular formula is C10H11NO4. The molecule has 0 bridgehead atoms. The summed E-state index contributed by atoms with van der Waals surface area (Å²) in [6.45, 7) is 0. The van der Waals surface area contributed by atoms with Gasteiger partial charge in [-0.25, -0.2) is 4.79 Å². The number of carboxylic acids is 1. The molecule has 0 radical (unpaired) electrons. The average molecular weight is 209 g/mol. The molecule has 1 rings (SSSR count). The van der Waals surface area contributed by atoms with Gasteiger partial charge in [0.25, 0.3) is 0 Å². The summed E-state index contributed by atoms with van der Waals surface area (Å²) in [6, 6.07) is 6.69. The molecule has 0 spiro atoms. The van der Waals surface area contributed by atoms with Gasteiger partial charge in [0.2, 0.25) is 0 Å². The van der Waals surface area contributed by atoms with Crippen LogP contribution in [0.15, 0.2) is 24.3 Å². The number of carboxylic acid groups (broad SMARTS) is 1. The Morgan fingerprint density at radius 2 is 2.00 bits per heavy atom. The van der Waals surface area contributed by atoms with E-state index >= 15 is 0 Å². The van der Waals surface area contributed by atoms with Crippen molar-refractivity contribution in [3.8, 4) is 5.75 Å². The Labute approximate surface area is 86.5 Å². The molecule has 1 aromatic carbocycles. The predicted molar refractivity (Wildman–Crippen MR) is 52.6 cm³/mol. The van der Waals surface area contributed by atoms with Crippen LogP contribution in [-0.2, 0) is 11.2 Å². The summed E-state index contributed by atoms with van der Waals surface area (Å²) in [5, 5.41) is 8.52. The van der Waals surface area contributed by atoms with E-state index in [0.717, 1.165) is 0 Å². The van der Waals surface area contributed by atoms with Crippen LogP contribution in [0.25, 0.3) is 0 Å². The van der Waals surface area contributed by atoms with Crippen LogP contribution in [0.2, 0.25) is 0 Å². The Hall–Kier alpha value is -2.04. The van der Waals surface area contributed by atoms with Crippen LogP contribution in [-0.4, -0.2) is 17.2 Å². The number of benzene rings is 1. The first-order valence-corrected chi connectivity index (χ1v) is 4.36. The number of hydrogen-bond donors (Lipinski definition) is 2. The maximum Gasteiger partial charge on any atom is 0.409 e. The van der Waals surface area contributed by atoms with E-state index in [2.05, 4.69) is 0 Å². The summed E-state index contributed by atoms with van der Waals surface area (Å²) < 4.78 is 4.72. The van der Waals surface area contributed by atoms with E-state index in [1.165, 1.54) is 0 Å². The number of carbonyl (C=O) groups is 2. The summed E-state index contributed by atoms with van der Waals surface area (Å²) in [5.41, 5.74) is 5.52. The molecule has 0 aliphatic heterocycles. The van der Waals surface area contributed by atoms with Gasteiger partial charge in [0.1, 0.15) is 5.75 Å². The molecular weight excluding hydrogens is 198 g/mol. The zero-order valence-corrected chi connectivity index (χ0v) is 7.97. The fourth-order valence-electron chi connectivity index (χ4n) is 1.16. The van der Waals surface area contributed by atoms with Crippen LogP contribution in [0.1, 0.15) is 12.0 Å². The van der Waals surface area contributed by atoms with E-state index in [9.17, 15) is 9.59 Å². The minimum Gasteiger partial charge on any atom is -0.481 e. The molecule has 0 aliphatic rings. The second-order valence-electron chi connectivity index (χ2n) is 2.92. The number of ether oxygens (including phenoxy) is 1. The molecule has 0 heterocycles. The van der Waals surface area contributed by atoms with Gasteiger partial charge in [0.15, 0.2) is 0 Å². The fraction of sp³-hybridized carbons (Fsp3) is 0.200. The molecule has 0 saturated carbocycles. The van der Waals surface area contributed by atoms with Gasteiger partial charge < -0.3 is 15.6 Å². The van der Waals surface area contributed by atoms with Gasteiger partial charge in [-0.2, -0.15) is 0 Å². The minimum absolute atomic E-state index is 0.0147. The van der Waals surface area contributed by atoms with Crippen LogP contribution in [0.3, 0.4) is 0 Å². The normalized spacial score (nSPS) is 9.60. The largest absolute Gasteiger partial charge is 0.481 e. The number of carbonyl (C=O) groups excluding carboxylic acids is 1. The first-order valence-electron chi connectivity index (χ1n) is 4.36. The molecule has 5 heteroatoms. The highest BCUT2D eigenvalue weighted by Crippen LogP contribution is 2.19. The number of nitrogens with two attached hydrogens (primary N) is 1. The van der Waals surface area contributed by atoms with E-state index < -0.39 is 12.1 Å². The lowest BCUT2D eigenvalue weighted by molar-refractivity contribution is -0.136. The van der Waals surface area contributed by atoms with Crippen LogP contribution in [0, 0.1) is 0 Å². The molecule has 5 nitrogen and oxygen atoms in total. The quantitative estimate of drug-likeness (QED) is 0.778. The van der Waals surface area contributed by atoms with Crippen molar-refractivity contribution in [2.75, 3.05) is 0 Å². The second kappa shape index (κ2) is 4.99. The van der Waals surface area contributed by atoms with Crippen molar-refractivity contribution >= 4 is 12.1 Å². The third kappa shape index (κ3) is 3.68. The number of primary amides is 1. The van der Waals surface area contributed by atoms with Gasteiger partial charge in [0.05, 0.1) is 0 Å². The Morgan fingerprint density at radius 1 is 1.33 bits per heavy atom. The van der Waals surface area contributed by atoms with Crippen molar-refractivity contribution < 1.29 is 19.4 Å². The number of aryl methyl sites for hydroxylation is 1. The highest BCUT2D eigenvalue weighted by molar-refractivity contribution is 5.69. The molecule has 1 aromatic rings. The zero-order valence-electron chi connectivity index (χ0n) is 7.97. The topological polar surface area (TPSA) is 89.6 Å². The van der Waals surface area contributed by atoms with Gasteiger partial charge in [-0.05, 0) is 18.1 Å². The highest BCUT2D eigenvalue weighted by Gasteiger charge is 2.07. The third-order valence-corrected chi connectivity index (χ3v) is 1.79. The number of rotatable bonds is 4. The molecule has 80 valence electrons. The zero-order chi connectivity index (χ0) is 11.3. The SMILES string of the molecule is NC(=O)Oc1ccccc1CCC(=O)O. The Morgan fingerprint density at radius 3 is 2.60 bits per heavy atom. The van der Waals surface area contributed by atoms with Crippen LogP contribution in [0.4, 0.5) is 4.79 Å². The Kier molecular flexibility index (Phi) is 3.68. The predicted octanol–water partition coefficient (Wildman–Crippen LogP) is 1.16. The Bertz CT molecular complexity index is 375. The van der Waals surface area contributed by atoms with E-state index in [1.54, 1.807) is 24.3 Å². The maximum atomic E-state index is 10.5. The summed E-state index contributed by atoms with van der Waals surface area (Å²) in [4.78, 5) is 20.9. The van der Waals surface area contributed by atoms with Crippen molar-refractivity contribution in [3.63, 3.8) is 0 Å². The highest BCUT2D eigenvalue weighted by atomic mass is 16.5. The average Bonchev–Trinajstić information content (AvgIpc) is 2.15. The molecule has 0 aliphatic carbocycles. The fourth-order valence-corrected chi connectivity index (χ4v) is 1.16. The second-order valence-corrected chi connectivity index (χ2v) is 2.92. The molecule has 0 aromatic heterocycles. The van der Waals surface area contributed by atoms with E-state index in [4.69, 9.17) is 15.6 Å². The lowest BCUT2D eigenvalue weighted by atomic mass is 10.1. The molecule has 3 N–H and O–H groups in total. The van der Waals surface area contributed by atoms with Gasteiger partial charge in [-0.3, -0.25) is 4.79 Å². The van der Waals surface area contributed by atoms with Gasteiger partial charge in [0, 0.05) is 6.42 Å². The number of hydrogen-bond acceptors (Lipinski definition) is 3. The van der Waals surface area contributed by atoms with Crippen molar-refractivity contribution in [2.24, 2.45) is 5.73 Å². The summed E-state index contributed by atoms with van der Waals surface area (Å²) in [6.07, 6.45) is -0.615. The maximum absolute atomic E-state index is 10.5. The van der Waals surface area contributed by atoms with E-state index in [1.807, 2.05) is 0 Å². The first-order chi connectivity index (χ1) is 7.09. The lowest BCUT2D eigenvalue weighted by Gasteiger charge is -2.06. The molecule has 0 saturated heterocycles. The van der Waals surface area contributed by atoms with Crippen molar-refractivity contribution in [1.29, 1.82) is 0 Å². The third-order valence-electron chi connectivity index (χ3n) is 1.79. The van der Waals surface area contributed by atoms with Crippen LogP contribution in [0.5, 0.6) is 5.75 Å². The summed E-state index contributed by atoms with van der Waals surface area (Å²) >= 11 is 0. The van der Waals surface area contributed by atoms with E-state index in [-0.39, 0.29) is 6.42 Å². The number of aliphatic carboxylic acids is 1. The molecule has 0 unspecified atom stereocenters. The van der Waals surface area contributed by atoms with Crippen LogP contribution >= 0.6 is 0 Å². The molecule has 0 atom stereocenters. The molecule has 0 fully saturated rings. The number of amides is 1. The van der Waals surface area contributed by atoms with Crippen molar-refractivity contribution in [1.82, 2.24) is 0 Å². The molecule has 15 heavy (non-hydrogen) atoms. The monoisotopic (exact) mass is 209 g/mol. The van der Waals surface area contributed by atoms with E-state index in [0.29, 0.717) is 17.7 Å². The Balaban J connectivity index is 2.76. The standard InChI is InChI=1S/C10H11NO4/c11-10(14)15-8-4-2-1-3-7(8)5-6-9(12)13/h1-4H,5-6H2,(H2,11,14)(H,12,13). The first kappa shape index (κ1) is 11.0. The van der Waals surface area contributed by atoms with Crippen LogP contribution < -0.4 is 10.5 Å². The molecule has 1 amide bonds. The van der Waals surface area contributed by atoms with Crippen molar-refractivity contribution in [2.45, 2.75) is 12.8 Å². The smallest absolute Gasteiger partial charge is 0.409 e. The van der Waals surface area contributed by atoms with Gasteiger partial charge >= 0.3 is 12.1 Å². The van der Waals surface area contributed by atoms with Crippen molar-refractivity contribution in [3.05, 3.63) is 29.8 Å². The van der Waals surface area contributed by atoms with Gasteiger partial charge in [-0.1, -0.05) is 18.2 Å². The number of para-hydroxylation sites is 1. The van der Waals surface area contributed by atoms with Gasteiger partial charge in [-0.15, -0.1) is 0 Å².